The van der Waals surface area contributed by atoms with Crippen molar-refractivity contribution in [3.05, 3.63) is 31.0 Å². The van der Waals surface area contributed by atoms with Crippen LogP contribution in [0.3, 0.4) is 0 Å². The van der Waals surface area contributed by atoms with Crippen LogP contribution in [0.5, 0.6) is 5.88 Å². The van der Waals surface area contributed by atoms with Crippen LogP contribution < -0.4 is 4.74 Å². The largest absolute Gasteiger partial charge is 0.471 e. The molecule has 3 rings (SSSR count). The lowest BCUT2D eigenvalue weighted by Gasteiger charge is -2.16. The molecule has 20 heavy (non-hydrogen) atoms. The van der Waals surface area contributed by atoms with Gasteiger partial charge in [0, 0.05) is 25.2 Å². The Bertz CT molecular complexity index is 559. The molecule has 1 unspecified atom stereocenters. The summed E-state index contributed by atoms with van der Waals surface area (Å²) in [6, 6.07) is 3.53. The summed E-state index contributed by atoms with van der Waals surface area (Å²) in [5, 5.41) is 11.6. The predicted molar refractivity (Wildman–Crippen MR) is 67.7 cm³/mol. The summed E-state index contributed by atoms with van der Waals surface area (Å²) in [6.45, 7) is 1.44. The van der Waals surface area contributed by atoms with Crippen molar-refractivity contribution in [2.45, 2.75) is 19.1 Å². The highest BCUT2D eigenvalue weighted by Gasteiger charge is 2.28. The molecule has 0 radical (unpaired) electrons. The van der Waals surface area contributed by atoms with Crippen molar-refractivity contribution in [3.63, 3.8) is 0 Å². The van der Waals surface area contributed by atoms with Crippen molar-refractivity contribution in [2.75, 3.05) is 13.1 Å². The summed E-state index contributed by atoms with van der Waals surface area (Å²) in [5.74, 6) is 0.504. The van der Waals surface area contributed by atoms with Crippen LogP contribution in [0.2, 0.25) is 0 Å². The number of rotatable bonds is 4. The Hall–Kier alpha value is -2.51. The summed E-state index contributed by atoms with van der Waals surface area (Å²) in [7, 11) is 0. The Balaban J connectivity index is 1.53. The molecule has 0 aliphatic carbocycles. The van der Waals surface area contributed by atoms with Crippen LogP contribution in [-0.4, -0.2) is 55.0 Å². The van der Waals surface area contributed by atoms with Crippen LogP contribution in [0.1, 0.15) is 6.42 Å². The lowest BCUT2D eigenvalue weighted by molar-refractivity contribution is -0.131. The van der Waals surface area contributed by atoms with E-state index in [1.807, 2.05) is 0 Å². The molecule has 8 nitrogen and oxygen atoms in total. The van der Waals surface area contributed by atoms with E-state index in [2.05, 4.69) is 20.3 Å². The number of amides is 1. The van der Waals surface area contributed by atoms with Gasteiger partial charge in [-0.1, -0.05) is 0 Å². The zero-order valence-electron chi connectivity index (χ0n) is 10.8. The lowest BCUT2D eigenvalue weighted by atomic mass is 10.3. The van der Waals surface area contributed by atoms with Crippen LogP contribution in [0, 0.1) is 0 Å². The molecule has 1 amide bonds. The molecule has 1 fully saturated rings. The molecule has 1 saturated heterocycles. The van der Waals surface area contributed by atoms with Gasteiger partial charge < -0.3 is 9.64 Å². The molecule has 0 saturated carbocycles. The molecule has 3 heterocycles. The van der Waals surface area contributed by atoms with E-state index in [0.29, 0.717) is 19.0 Å². The first-order valence-electron chi connectivity index (χ1n) is 6.36. The highest BCUT2D eigenvalue weighted by atomic mass is 16.5. The average molecular weight is 274 g/mol. The fourth-order valence-corrected chi connectivity index (χ4v) is 2.12. The second-order valence-electron chi connectivity index (χ2n) is 4.52. The van der Waals surface area contributed by atoms with E-state index in [9.17, 15) is 4.79 Å². The SMILES string of the molecule is O=C(Cn1cncn1)N1CCC(Oc2cccnn2)C1. The number of nitrogens with zero attached hydrogens (tertiary/aromatic N) is 6. The Morgan fingerprint density at radius 3 is 3.20 bits per heavy atom. The number of hydrogen-bond donors (Lipinski definition) is 0. The molecule has 0 bridgehead atoms. The number of likely N-dealkylation sites (tertiary alicyclic amines) is 1. The molecule has 1 atom stereocenters. The number of aromatic nitrogens is 5. The van der Waals surface area contributed by atoms with Crippen LogP contribution >= 0.6 is 0 Å². The van der Waals surface area contributed by atoms with E-state index in [-0.39, 0.29) is 18.6 Å². The van der Waals surface area contributed by atoms with E-state index >= 15 is 0 Å². The lowest BCUT2D eigenvalue weighted by Crippen LogP contribution is -2.33. The molecule has 0 N–H and O–H groups in total. The fraction of sp³-hybridized carbons (Fsp3) is 0.417. The third-order valence-electron chi connectivity index (χ3n) is 3.10. The van der Waals surface area contributed by atoms with Gasteiger partial charge in [0.15, 0.2) is 0 Å². The van der Waals surface area contributed by atoms with Gasteiger partial charge in [0.25, 0.3) is 0 Å². The van der Waals surface area contributed by atoms with Gasteiger partial charge in [-0.05, 0) is 6.07 Å². The number of carbonyl (C=O) groups excluding carboxylic acids is 1. The summed E-state index contributed by atoms with van der Waals surface area (Å²) in [4.78, 5) is 17.6. The van der Waals surface area contributed by atoms with Crippen molar-refractivity contribution in [1.82, 2.24) is 29.9 Å². The van der Waals surface area contributed by atoms with E-state index in [0.717, 1.165) is 6.42 Å². The summed E-state index contributed by atoms with van der Waals surface area (Å²) >= 11 is 0. The van der Waals surface area contributed by atoms with Crippen molar-refractivity contribution < 1.29 is 9.53 Å². The monoisotopic (exact) mass is 274 g/mol. The van der Waals surface area contributed by atoms with Gasteiger partial charge >= 0.3 is 0 Å². The van der Waals surface area contributed by atoms with Gasteiger partial charge in [-0.3, -0.25) is 4.79 Å². The third-order valence-corrected chi connectivity index (χ3v) is 3.10. The minimum Gasteiger partial charge on any atom is -0.471 e. The Kier molecular flexibility index (Phi) is 3.53. The van der Waals surface area contributed by atoms with Crippen molar-refractivity contribution in [2.24, 2.45) is 0 Å². The van der Waals surface area contributed by atoms with Crippen molar-refractivity contribution in [1.29, 1.82) is 0 Å². The molecular weight excluding hydrogens is 260 g/mol. The molecule has 2 aromatic rings. The highest BCUT2D eigenvalue weighted by molar-refractivity contribution is 5.76. The number of carbonyl (C=O) groups is 1. The maximum absolute atomic E-state index is 12.1. The normalized spacial score (nSPS) is 18.2. The highest BCUT2D eigenvalue weighted by Crippen LogP contribution is 2.15. The first-order valence-corrected chi connectivity index (χ1v) is 6.36. The fourth-order valence-electron chi connectivity index (χ4n) is 2.12. The van der Waals surface area contributed by atoms with E-state index < -0.39 is 0 Å². The van der Waals surface area contributed by atoms with Crippen LogP contribution in [0.4, 0.5) is 0 Å². The zero-order chi connectivity index (χ0) is 13.8. The zero-order valence-corrected chi connectivity index (χ0v) is 10.8. The van der Waals surface area contributed by atoms with Gasteiger partial charge in [-0.15, -0.1) is 5.10 Å². The average Bonchev–Trinajstić information content (AvgIpc) is 3.11. The van der Waals surface area contributed by atoms with Crippen molar-refractivity contribution >= 4 is 5.91 Å². The van der Waals surface area contributed by atoms with Gasteiger partial charge in [-0.2, -0.15) is 10.2 Å². The van der Waals surface area contributed by atoms with Gasteiger partial charge in [-0.25, -0.2) is 9.67 Å². The number of hydrogen-bond acceptors (Lipinski definition) is 6. The minimum atomic E-state index is -0.0357. The smallest absolute Gasteiger partial charge is 0.244 e. The van der Waals surface area contributed by atoms with E-state index in [1.165, 1.54) is 17.3 Å². The molecule has 104 valence electrons. The standard InChI is InChI=1S/C12H14N6O2/c19-12(7-18-9-13-8-15-18)17-5-3-10(6-17)20-11-2-1-4-14-16-11/h1-2,4,8-10H,3,5-7H2. The quantitative estimate of drug-likeness (QED) is 0.764. The topological polar surface area (TPSA) is 86.0 Å². The molecule has 0 aromatic carbocycles. The molecular formula is C12H14N6O2. The molecule has 1 aliphatic rings. The Labute approximate surface area is 115 Å². The van der Waals surface area contributed by atoms with Crippen LogP contribution in [0.15, 0.2) is 31.0 Å². The second-order valence-corrected chi connectivity index (χ2v) is 4.52. The summed E-state index contributed by atoms with van der Waals surface area (Å²) in [5.41, 5.74) is 0. The van der Waals surface area contributed by atoms with Crippen molar-refractivity contribution in [3.8, 4) is 5.88 Å². The predicted octanol–water partition coefficient (Wildman–Crippen LogP) is -0.252. The van der Waals surface area contributed by atoms with Crippen LogP contribution in [0.25, 0.3) is 0 Å². The molecule has 1 aliphatic heterocycles. The summed E-state index contributed by atoms with van der Waals surface area (Å²) < 4.78 is 7.20. The maximum Gasteiger partial charge on any atom is 0.244 e. The third kappa shape index (κ3) is 2.90. The molecule has 8 heteroatoms. The van der Waals surface area contributed by atoms with E-state index in [4.69, 9.17) is 4.74 Å². The van der Waals surface area contributed by atoms with Gasteiger partial charge in [0.05, 0.1) is 6.54 Å². The molecule has 2 aromatic heterocycles. The molecule has 0 spiro atoms. The number of ether oxygens (including phenoxy) is 1. The Morgan fingerprint density at radius 2 is 2.45 bits per heavy atom. The second kappa shape index (κ2) is 5.64. The summed E-state index contributed by atoms with van der Waals surface area (Å²) in [6.07, 6.45) is 5.29. The maximum atomic E-state index is 12.1. The van der Waals surface area contributed by atoms with Crippen LogP contribution in [-0.2, 0) is 11.3 Å². The van der Waals surface area contributed by atoms with Gasteiger partial charge in [0.2, 0.25) is 11.8 Å². The van der Waals surface area contributed by atoms with Gasteiger partial charge in [0.1, 0.15) is 25.3 Å². The minimum absolute atomic E-state index is 0.0146. The first kappa shape index (κ1) is 12.5. The first-order chi connectivity index (χ1) is 9.81. The van der Waals surface area contributed by atoms with E-state index in [1.54, 1.807) is 23.2 Å². The Morgan fingerprint density at radius 1 is 1.50 bits per heavy atom.